The lowest BCUT2D eigenvalue weighted by Gasteiger charge is -2.05. The van der Waals surface area contributed by atoms with Crippen LogP contribution in [0.4, 0.5) is 0 Å². The molecule has 3 heterocycles. The predicted octanol–water partition coefficient (Wildman–Crippen LogP) is 4.53. The van der Waals surface area contributed by atoms with Crippen LogP contribution in [0.25, 0.3) is 10.7 Å². The molecule has 0 aromatic carbocycles. The minimum Gasteiger partial charge on any atom is -0.462 e. The third-order valence-electron chi connectivity index (χ3n) is 4.53. The molecule has 9 heteroatoms. The zero-order valence-electron chi connectivity index (χ0n) is 16.9. The molecule has 0 radical (unpaired) electrons. The van der Waals surface area contributed by atoms with Crippen LogP contribution < -0.4 is 0 Å². The summed E-state index contributed by atoms with van der Waals surface area (Å²) in [6.45, 7) is 8.39. The van der Waals surface area contributed by atoms with E-state index in [1.165, 1.54) is 23.1 Å². The van der Waals surface area contributed by atoms with E-state index in [4.69, 9.17) is 9.26 Å². The lowest BCUT2D eigenvalue weighted by molar-refractivity contribution is 0.0522. The van der Waals surface area contributed by atoms with Gasteiger partial charge in [-0.15, -0.1) is 23.1 Å². The van der Waals surface area contributed by atoms with E-state index in [-0.39, 0.29) is 18.1 Å². The lowest BCUT2D eigenvalue weighted by Crippen LogP contribution is -2.13. The van der Waals surface area contributed by atoms with Gasteiger partial charge in [-0.2, -0.15) is 4.98 Å². The Balaban J connectivity index is 1.71. The van der Waals surface area contributed by atoms with Crippen molar-refractivity contribution in [3.05, 3.63) is 45.9 Å². The van der Waals surface area contributed by atoms with E-state index >= 15 is 0 Å². The number of ketones is 1. The van der Waals surface area contributed by atoms with Gasteiger partial charge in [0, 0.05) is 17.9 Å². The Morgan fingerprint density at radius 1 is 1.24 bits per heavy atom. The van der Waals surface area contributed by atoms with Crippen LogP contribution in [0, 0.1) is 13.8 Å². The summed E-state index contributed by atoms with van der Waals surface area (Å²) in [5, 5.41) is 5.93. The maximum Gasteiger partial charge on any atom is 0.340 e. The SMILES string of the molecule is CCOC(=O)c1c(C(=O)CSCc2nc(-c3cccs3)no2)c(C)n(CC)c1C. The molecule has 0 unspecified atom stereocenters. The topological polar surface area (TPSA) is 87.2 Å². The fourth-order valence-electron chi connectivity index (χ4n) is 3.27. The molecule has 0 atom stereocenters. The molecule has 0 aliphatic carbocycles. The van der Waals surface area contributed by atoms with Crippen molar-refractivity contribution in [2.75, 3.05) is 12.4 Å². The molecule has 0 saturated carbocycles. The molecule has 154 valence electrons. The van der Waals surface area contributed by atoms with Gasteiger partial charge in [0.2, 0.25) is 11.7 Å². The number of thiophene rings is 1. The average molecular weight is 434 g/mol. The summed E-state index contributed by atoms with van der Waals surface area (Å²) in [5.41, 5.74) is 2.36. The van der Waals surface area contributed by atoms with E-state index in [0.29, 0.717) is 35.1 Å². The minimum absolute atomic E-state index is 0.108. The summed E-state index contributed by atoms with van der Waals surface area (Å²) in [6.07, 6.45) is 0. The van der Waals surface area contributed by atoms with Crippen LogP contribution in [0.1, 0.15) is 51.8 Å². The third-order valence-corrected chi connectivity index (χ3v) is 6.31. The van der Waals surface area contributed by atoms with Crippen LogP contribution in [0.2, 0.25) is 0 Å². The molecule has 0 bridgehead atoms. The maximum atomic E-state index is 13.0. The van der Waals surface area contributed by atoms with E-state index in [0.717, 1.165) is 16.3 Å². The number of thioether (sulfide) groups is 1. The Bertz CT molecular complexity index is 1010. The van der Waals surface area contributed by atoms with E-state index in [1.54, 1.807) is 6.92 Å². The van der Waals surface area contributed by atoms with Gasteiger partial charge >= 0.3 is 5.97 Å². The van der Waals surface area contributed by atoms with Crippen molar-refractivity contribution in [1.82, 2.24) is 14.7 Å². The average Bonchev–Trinajstić information content (AvgIpc) is 3.41. The first-order valence-electron chi connectivity index (χ1n) is 9.32. The molecule has 3 aromatic rings. The van der Waals surface area contributed by atoms with Gasteiger partial charge in [0.05, 0.1) is 34.1 Å². The molecule has 0 spiro atoms. The number of hydrogen-bond donors (Lipinski definition) is 0. The molecule has 29 heavy (non-hydrogen) atoms. The number of rotatable bonds is 9. The number of esters is 1. The minimum atomic E-state index is -0.453. The van der Waals surface area contributed by atoms with Gasteiger partial charge in [0.1, 0.15) is 0 Å². The van der Waals surface area contributed by atoms with E-state index in [1.807, 2.05) is 42.9 Å². The van der Waals surface area contributed by atoms with Crippen molar-refractivity contribution in [3.63, 3.8) is 0 Å². The number of ether oxygens (including phenoxy) is 1. The van der Waals surface area contributed by atoms with Gasteiger partial charge < -0.3 is 13.8 Å². The van der Waals surface area contributed by atoms with E-state index in [9.17, 15) is 9.59 Å². The summed E-state index contributed by atoms with van der Waals surface area (Å²) in [4.78, 5) is 30.7. The molecule has 3 rings (SSSR count). The highest BCUT2D eigenvalue weighted by Crippen LogP contribution is 2.26. The Kier molecular flexibility index (Phi) is 6.92. The largest absolute Gasteiger partial charge is 0.462 e. The summed E-state index contributed by atoms with van der Waals surface area (Å²) in [6, 6.07) is 3.85. The standard InChI is InChI=1S/C20H23N3O4S2/c1-5-23-12(3)17(18(13(23)4)20(25)26-6-2)14(24)10-28-11-16-21-19(22-27-16)15-8-7-9-29-15/h7-9H,5-6,10-11H2,1-4H3. The zero-order valence-corrected chi connectivity index (χ0v) is 18.5. The highest BCUT2D eigenvalue weighted by molar-refractivity contribution is 7.99. The Labute approximate surface area is 177 Å². The number of Topliss-reactive ketones (excluding diaryl/α,β-unsaturated/α-hetero) is 1. The smallest absolute Gasteiger partial charge is 0.340 e. The van der Waals surface area contributed by atoms with Crippen molar-refractivity contribution in [2.45, 2.75) is 40.0 Å². The third kappa shape index (κ3) is 4.45. The Hall–Kier alpha value is -2.39. The molecule has 7 nitrogen and oxygen atoms in total. The second-order valence-electron chi connectivity index (χ2n) is 6.29. The van der Waals surface area contributed by atoms with Crippen LogP contribution in [0.15, 0.2) is 22.0 Å². The fourth-order valence-corrected chi connectivity index (χ4v) is 4.65. The molecule has 0 saturated heterocycles. The van der Waals surface area contributed by atoms with Gasteiger partial charge in [-0.3, -0.25) is 4.79 Å². The van der Waals surface area contributed by atoms with E-state index in [2.05, 4.69) is 10.1 Å². The number of carbonyl (C=O) groups is 2. The van der Waals surface area contributed by atoms with Gasteiger partial charge in [0.15, 0.2) is 5.78 Å². The number of hydrogen-bond acceptors (Lipinski definition) is 8. The Morgan fingerprint density at radius 2 is 2.00 bits per heavy atom. The first kappa shape index (κ1) is 21.3. The molecular weight excluding hydrogens is 410 g/mol. The van der Waals surface area contributed by atoms with E-state index < -0.39 is 5.97 Å². The first-order chi connectivity index (χ1) is 14.0. The second kappa shape index (κ2) is 9.41. The van der Waals surface area contributed by atoms with Crippen molar-refractivity contribution in [2.24, 2.45) is 0 Å². The first-order valence-corrected chi connectivity index (χ1v) is 11.4. The molecule has 0 fully saturated rings. The van der Waals surface area contributed by atoms with Crippen molar-refractivity contribution in [1.29, 1.82) is 0 Å². The predicted molar refractivity (Wildman–Crippen MR) is 114 cm³/mol. The molecule has 0 aliphatic rings. The number of nitrogens with zero attached hydrogens (tertiary/aromatic N) is 3. The highest BCUT2D eigenvalue weighted by Gasteiger charge is 2.27. The molecule has 3 aromatic heterocycles. The lowest BCUT2D eigenvalue weighted by atomic mass is 10.1. The second-order valence-corrected chi connectivity index (χ2v) is 8.22. The van der Waals surface area contributed by atoms with Gasteiger partial charge in [-0.1, -0.05) is 11.2 Å². The molecule has 0 N–H and O–H groups in total. The zero-order chi connectivity index (χ0) is 21.0. The highest BCUT2D eigenvalue weighted by atomic mass is 32.2. The quantitative estimate of drug-likeness (QED) is 0.362. The summed E-state index contributed by atoms with van der Waals surface area (Å²) >= 11 is 2.92. The van der Waals surface area contributed by atoms with Crippen molar-refractivity contribution >= 4 is 34.9 Å². The molecule has 0 amide bonds. The molecular formula is C20H23N3O4S2. The number of aromatic nitrogens is 3. The van der Waals surface area contributed by atoms with Crippen molar-refractivity contribution in [3.8, 4) is 10.7 Å². The fraction of sp³-hybridized carbons (Fsp3) is 0.400. The number of carbonyl (C=O) groups excluding carboxylic acids is 2. The molecule has 0 aliphatic heterocycles. The maximum absolute atomic E-state index is 13.0. The summed E-state index contributed by atoms with van der Waals surface area (Å²) in [5.74, 6) is 1.09. The van der Waals surface area contributed by atoms with Crippen molar-refractivity contribution < 1.29 is 18.8 Å². The monoisotopic (exact) mass is 433 g/mol. The Morgan fingerprint density at radius 3 is 2.66 bits per heavy atom. The van der Waals surface area contributed by atoms with Crippen LogP contribution in [0.3, 0.4) is 0 Å². The van der Waals surface area contributed by atoms with Gasteiger partial charge in [0.25, 0.3) is 0 Å². The van der Waals surface area contributed by atoms with Crippen LogP contribution in [-0.2, 0) is 17.0 Å². The summed E-state index contributed by atoms with van der Waals surface area (Å²) in [7, 11) is 0. The van der Waals surface area contributed by atoms with Crippen LogP contribution in [-0.4, -0.2) is 38.8 Å². The van der Waals surface area contributed by atoms with Crippen LogP contribution in [0.5, 0.6) is 0 Å². The summed E-state index contributed by atoms with van der Waals surface area (Å²) < 4.78 is 12.4. The normalized spacial score (nSPS) is 11.0. The van der Waals surface area contributed by atoms with Crippen LogP contribution >= 0.6 is 23.1 Å². The van der Waals surface area contributed by atoms with Gasteiger partial charge in [-0.05, 0) is 39.1 Å². The van der Waals surface area contributed by atoms with Gasteiger partial charge in [-0.25, -0.2) is 4.79 Å².